The minimum atomic E-state index is 0.820. The van der Waals surface area contributed by atoms with Crippen LogP contribution >= 0.6 is 0 Å². The Morgan fingerprint density at radius 3 is 2.48 bits per heavy atom. The molecule has 0 heterocycles. The van der Waals surface area contributed by atoms with Gasteiger partial charge < -0.3 is 0 Å². The van der Waals surface area contributed by atoms with Gasteiger partial charge in [0.15, 0.2) is 0 Å². The molecule has 0 aliphatic heterocycles. The molecule has 0 amide bonds. The second kappa shape index (κ2) is 5.89. The van der Waals surface area contributed by atoms with E-state index in [1.165, 1.54) is 6.42 Å². The van der Waals surface area contributed by atoms with Gasteiger partial charge in [-0.1, -0.05) is 45.4 Å². The van der Waals surface area contributed by atoms with Crippen molar-refractivity contribution >= 4 is 0 Å². The second-order valence-corrected chi connectivity index (χ2v) is 9.32. The van der Waals surface area contributed by atoms with E-state index in [-0.39, 0.29) is 0 Å². The highest BCUT2D eigenvalue weighted by molar-refractivity contribution is 4.97. The highest BCUT2D eigenvalue weighted by atomic mass is 14.5. The van der Waals surface area contributed by atoms with Crippen molar-refractivity contribution in [1.29, 1.82) is 0 Å². The van der Waals surface area contributed by atoms with Crippen molar-refractivity contribution in [3.8, 4) is 0 Å². The third-order valence-electron chi connectivity index (χ3n) is 8.47. The van der Waals surface area contributed by atoms with Gasteiger partial charge in [0.1, 0.15) is 0 Å². The van der Waals surface area contributed by atoms with Gasteiger partial charge in [0.2, 0.25) is 0 Å². The smallest absolute Gasteiger partial charge is 0.0269 e. The van der Waals surface area contributed by atoms with E-state index in [4.69, 9.17) is 0 Å². The quantitative estimate of drug-likeness (QED) is 0.549. The minimum Gasteiger partial charge on any atom is -0.0622 e. The first-order valence-electron chi connectivity index (χ1n) is 10.3. The molecule has 120 valence electrons. The largest absolute Gasteiger partial charge is 0.0622 e. The van der Waals surface area contributed by atoms with Crippen molar-refractivity contribution in [2.24, 2.45) is 35.0 Å². The predicted molar refractivity (Wildman–Crippen MR) is 90.2 cm³/mol. The lowest BCUT2D eigenvalue weighted by Crippen LogP contribution is -2.31. The maximum Gasteiger partial charge on any atom is -0.0269 e. The van der Waals surface area contributed by atoms with Gasteiger partial charge >= 0.3 is 0 Å². The Morgan fingerprint density at radius 2 is 1.62 bits per heavy atom. The molecule has 4 aliphatic rings. The van der Waals surface area contributed by atoms with Crippen LogP contribution in [0.15, 0.2) is 0 Å². The number of hydrogen-bond acceptors (Lipinski definition) is 0. The van der Waals surface area contributed by atoms with Crippen LogP contribution in [-0.2, 0) is 0 Å². The summed E-state index contributed by atoms with van der Waals surface area (Å²) in [4.78, 5) is 0. The van der Waals surface area contributed by atoms with Crippen LogP contribution in [0.25, 0.3) is 0 Å². The van der Waals surface area contributed by atoms with Crippen molar-refractivity contribution in [2.75, 3.05) is 0 Å². The van der Waals surface area contributed by atoms with E-state index in [9.17, 15) is 0 Å². The molecule has 4 fully saturated rings. The van der Waals surface area contributed by atoms with Gasteiger partial charge in [0, 0.05) is 0 Å². The van der Waals surface area contributed by atoms with E-state index in [1.54, 1.807) is 83.5 Å². The van der Waals surface area contributed by atoms with Crippen LogP contribution in [0, 0.1) is 35.0 Å². The normalized spacial score (nSPS) is 43.3. The van der Waals surface area contributed by atoms with E-state index < -0.39 is 0 Å². The summed E-state index contributed by atoms with van der Waals surface area (Å²) in [5, 5.41) is 0. The highest BCUT2D eigenvalue weighted by Crippen LogP contribution is 2.57. The first kappa shape index (κ1) is 14.6. The Balaban J connectivity index is 1.40. The predicted octanol–water partition coefficient (Wildman–Crippen LogP) is 6.59. The standard InChI is InChI=1S/C21H36/c1-16(19-11-10-17-7-5-9-20(17)19)15-18-8-6-14-21(18)12-3-2-4-13-21/h16-20H,2-15H2,1H3/t16?,17-,18?,19+,20?/m0/s1. The fraction of sp³-hybridized carbons (Fsp3) is 1.00. The molecule has 0 bridgehead atoms. The molecule has 0 aromatic rings. The molecule has 4 saturated carbocycles. The van der Waals surface area contributed by atoms with Crippen LogP contribution < -0.4 is 0 Å². The molecule has 0 radical (unpaired) electrons. The lowest BCUT2D eigenvalue weighted by atomic mass is 9.64. The van der Waals surface area contributed by atoms with E-state index in [0.29, 0.717) is 0 Å². The molecular weight excluding hydrogens is 252 g/mol. The molecule has 0 nitrogen and oxygen atoms in total. The molecule has 4 rings (SSSR count). The summed E-state index contributed by atoms with van der Waals surface area (Å²) in [6, 6.07) is 0. The van der Waals surface area contributed by atoms with Gasteiger partial charge in [-0.25, -0.2) is 0 Å². The Bertz CT molecular complexity index is 351. The zero-order chi connectivity index (χ0) is 14.3. The molecule has 21 heavy (non-hydrogen) atoms. The summed E-state index contributed by atoms with van der Waals surface area (Å²) in [5.41, 5.74) is 0.820. The Hall–Kier alpha value is 0. The van der Waals surface area contributed by atoms with Crippen molar-refractivity contribution in [2.45, 2.75) is 96.8 Å². The van der Waals surface area contributed by atoms with Crippen LogP contribution in [0.2, 0.25) is 0 Å². The average Bonchev–Trinajstić information content (AvgIpc) is 3.17. The third kappa shape index (κ3) is 2.59. The Kier molecular flexibility index (Phi) is 4.09. The molecule has 0 saturated heterocycles. The minimum absolute atomic E-state index is 0.820. The summed E-state index contributed by atoms with van der Waals surface area (Å²) in [6.07, 6.45) is 21.9. The van der Waals surface area contributed by atoms with Crippen molar-refractivity contribution < 1.29 is 0 Å². The monoisotopic (exact) mass is 288 g/mol. The fourth-order valence-electron chi connectivity index (χ4n) is 7.43. The summed E-state index contributed by atoms with van der Waals surface area (Å²) >= 11 is 0. The lowest BCUT2D eigenvalue weighted by Gasteiger charge is -2.41. The lowest BCUT2D eigenvalue weighted by molar-refractivity contribution is 0.0938. The molecule has 1 spiro atoms. The highest BCUT2D eigenvalue weighted by Gasteiger charge is 2.46. The maximum absolute atomic E-state index is 2.64. The molecule has 0 heteroatoms. The first-order chi connectivity index (χ1) is 10.3. The van der Waals surface area contributed by atoms with Crippen molar-refractivity contribution in [1.82, 2.24) is 0 Å². The third-order valence-corrected chi connectivity index (χ3v) is 8.47. The summed E-state index contributed by atoms with van der Waals surface area (Å²) < 4.78 is 0. The molecule has 0 aromatic heterocycles. The molecule has 3 unspecified atom stereocenters. The summed E-state index contributed by atoms with van der Waals surface area (Å²) in [6.45, 7) is 2.64. The van der Waals surface area contributed by atoms with Gasteiger partial charge in [0.25, 0.3) is 0 Å². The van der Waals surface area contributed by atoms with Crippen LogP contribution in [0.1, 0.15) is 96.8 Å². The average molecular weight is 289 g/mol. The molecular formula is C21H36. The van der Waals surface area contributed by atoms with E-state index in [0.717, 1.165) is 35.0 Å². The van der Waals surface area contributed by atoms with E-state index in [2.05, 4.69) is 6.92 Å². The summed E-state index contributed by atoms with van der Waals surface area (Å²) in [7, 11) is 0. The topological polar surface area (TPSA) is 0 Å². The number of rotatable bonds is 3. The van der Waals surface area contributed by atoms with Gasteiger partial charge in [-0.15, -0.1) is 0 Å². The molecule has 0 N–H and O–H groups in total. The van der Waals surface area contributed by atoms with Crippen molar-refractivity contribution in [3.05, 3.63) is 0 Å². The maximum atomic E-state index is 2.64. The summed E-state index contributed by atoms with van der Waals surface area (Å²) in [5.74, 6) is 5.53. The Labute approximate surface area is 132 Å². The number of hydrogen-bond donors (Lipinski definition) is 0. The van der Waals surface area contributed by atoms with E-state index in [1.807, 2.05) is 0 Å². The van der Waals surface area contributed by atoms with Crippen LogP contribution in [0.4, 0.5) is 0 Å². The molecule has 4 aliphatic carbocycles. The SMILES string of the molecule is CC(CC1CCCC12CCCCC2)[C@H]1CC[C@@H]2CCCC21. The molecule has 5 atom stereocenters. The van der Waals surface area contributed by atoms with Gasteiger partial charge in [0.05, 0.1) is 0 Å². The van der Waals surface area contributed by atoms with Gasteiger partial charge in [-0.2, -0.15) is 0 Å². The van der Waals surface area contributed by atoms with Crippen LogP contribution in [-0.4, -0.2) is 0 Å². The zero-order valence-corrected chi connectivity index (χ0v) is 14.3. The van der Waals surface area contributed by atoms with Crippen LogP contribution in [0.3, 0.4) is 0 Å². The first-order valence-corrected chi connectivity index (χ1v) is 10.3. The molecule has 0 aromatic carbocycles. The van der Waals surface area contributed by atoms with Gasteiger partial charge in [-0.3, -0.25) is 0 Å². The van der Waals surface area contributed by atoms with Crippen molar-refractivity contribution in [3.63, 3.8) is 0 Å². The van der Waals surface area contributed by atoms with E-state index >= 15 is 0 Å². The Morgan fingerprint density at radius 1 is 0.810 bits per heavy atom. The fourth-order valence-corrected chi connectivity index (χ4v) is 7.43. The van der Waals surface area contributed by atoms with Gasteiger partial charge in [-0.05, 0) is 86.4 Å². The zero-order valence-electron chi connectivity index (χ0n) is 14.3. The number of fused-ring (bicyclic) bond motifs is 1. The second-order valence-electron chi connectivity index (χ2n) is 9.32. The van der Waals surface area contributed by atoms with Crippen LogP contribution in [0.5, 0.6) is 0 Å².